The Balaban J connectivity index is 1.48. The van der Waals surface area contributed by atoms with E-state index in [0.29, 0.717) is 11.8 Å². The van der Waals surface area contributed by atoms with E-state index in [1.165, 1.54) is 6.42 Å². The SMILES string of the molecule is C=C(COCCC(F)(F)S(=O)(=O)O)C(=O)OC1(C)C2CC3CC(C2)CC1C3. The van der Waals surface area contributed by atoms with E-state index < -0.39 is 40.0 Å². The van der Waals surface area contributed by atoms with E-state index in [-0.39, 0.29) is 12.2 Å². The fraction of sp³-hybridized carbons (Fsp3) is 0.833. The highest BCUT2D eigenvalue weighted by molar-refractivity contribution is 7.86. The van der Waals surface area contributed by atoms with E-state index in [4.69, 9.17) is 14.0 Å². The number of esters is 1. The van der Waals surface area contributed by atoms with Gasteiger partial charge in [-0.05, 0) is 62.7 Å². The lowest BCUT2D eigenvalue weighted by molar-refractivity contribution is -0.200. The number of carbonyl (C=O) groups is 1. The first-order chi connectivity index (χ1) is 12.4. The number of hydrogen-bond acceptors (Lipinski definition) is 5. The number of ether oxygens (including phenoxy) is 2. The second-order valence-electron chi connectivity index (χ2n) is 8.40. The zero-order valence-electron chi connectivity index (χ0n) is 15.3. The Morgan fingerprint density at radius 1 is 1.19 bits per heavy atom. The number of rotatable bonds is 8. The largest absolute Gasteiger partial charge is 0.455 e. The third-order valence-corrected chi connectivity index (χ3v) is 7.51. The smallest absolute Gasteiger partial charge is 0.372 e. The van der Waals surface area contributed by atoms with Gasteiger partial charge < -0.3 is 9.47 Å². The Labute approximate surface area is 158 Å². The molecule has 0 spiro atoms. The van der Waals surface area contributed by atoms with Crippen LogP contribution in [0.1, 0.15) is 45.4 Å². The second-order valence-corrected chi connectivity index (χ2v) is 9.94. The first-order valence-corrected chi connectivity index (χ1v) is 10.7. The fourth-order valence-electron chi connectivity index (χ4n) is 5.13. The van der Waals surface area contributed by atoms with Crippen molar-refractivity contribution < 1.29 is 36.0 Å². The topological polar surface area (TPSA) is 89.9 Å². The van der Waals surface area contributed by atoms with Crippen molar-refractivity contribution >= 4 is 16.1 Å². The third kappa shape index (κ3) is 4.05. The van der Waals surface area contributed by atoms with E-state index in [1.54, 1.807) is 0 Å². The molecule has 0 aromatic rings. The molecule has 4 rings (SSSR count). The molecular formula is C18H26F2O6S. The van der Waals surface area contributed by atoms with E-state index in [2.05, 4.69) is 6.58 Å². The number of carbonyl (C=O) groups excluding carboxylic acids is 1. The lowest BCUT2D eigenvalue weighted by Gasteiger charge is -2.59. The van der Waals surface area contributed by atoms with Gasteiger partial charge >= 0.3 is 21.3 Å². The second kappa shape index (κ2) is 7.08. The molecule has 4 bridgehead atoms. The van der Waals surface area contributed by atoms with E-state index in [9.17, 15) is 22.0 Å². The quantitative estimate of drug-likeness (QED) is 0.287. The highest BCUT2D eigenvalue weighted by Crippen LogP contribution is 2.59. The average molecular weight is 408 g/mol. The summed E-state index contributed by atoms with van der Waals surface area (Å²) < 4.78 is 66.5. The van der Waals surface area contributed by atoms with Gasteiger partial charge in [0.15, 0.2) is 0 Å². The summed E-state index contributed by atoms with van der Waals surface area (Å²) in [6.07, 6.45) is 4.37. The maximum absolute atomic E-state index is 13.1. The molecular weight excluding hydrogens is 382 g/mol. The van der Waals surface area contributed by atoms with E-state index >= 15 is 0 Å². The predicted octanol–water partition coefficient (Wildman–Crippen LogP) is 3.19. The molecule has 0 radical (unpaired) electrons. The monoisotopic (exact) mass is 408 g/mol. The lowest BCUT2D eigenvalue weighted by Crippen LogP contribution is -2.58. The summed E-state index contributed by atoms with van der Waals surface area (Å²) >= 11 is 0. The molecule has 0 amide bonds. The van der Waals surface area contributed by atoms with Crippen LogP contribution >= 0.6 is 0 Å². The van der Waals surface area contributed by atoms with Crippen LogP contribution in [-0.4, -0.2) is 43.0 Å². The van der Waals surface area contributed by atoms with Crippen molar-refractivity contribution in [3.05, 3.63) is 12.2 Å². The summed E-state index contributed by atoms with van der Waals surface area (Å²) in [6, 6.07) is 0. The van der Waals surface area contributed by atoms with Crippen molar-refractivity contribution in [3.8, 4) is 0 Å². The van der Waals surface area contributed by atoms with Crippen LogP contribution in [0.2, 0.25) is 0 Å². The molecule has 4 aliphatic rings. The van der Waals surface area contributed by atoms with Crippen LogP contribution in [0.25, 0.3) is 0 Å². The number of hydrogen-bond donors (Lipinski definition) is 1. The van der Waals surface area contributed by atoms with Gasteiger partial charge in [-0.1, -0.05) is 6.58 Å². The summed E-state index contributed by atoms with van der Waals surface area (Å²) in [5.41, 5.74) is -0.522. The molecule has 0 atom stereocenters. The molecule has 0 aliphatic heterocycles. The van der Waals surface area contributed by atoms with Gasteiger partial charge in [0.05, 0.1) is 25.2 Å². The molecule has 0 aromatic heterocycles. The first-order valence-electron chi connectivity index (χ1n) is 9.26. The number of alkyl halides is 2. The Kier molecular flexibility index (Phi) is 5.42. The standard InChI is InChI=1S/C18H26F2O6S/c1-11(10-25-4-3-18(19,20)27(22,23)24)16(21)26-17(2)14-6-12-5-13(8-14)9-15(17)7-12/h12-15H,1,3-10H2,2H3,(H,22,23,24). The van der Waals surface area contributed by atoms with Crippen LogP contribution in [0, 0.1) is 23.7 Å². The van der Waals surface area contributed by atoms with Gasteiger partial charge in [0, 0.05) is 0 Å². The average Bonchev–Trinajstić information content (AvgIpc) is 2.55. The normalized spacial score (nSPS) is 35.3. The van der Waals surface area contributed by atoms with Gasteiger partial charge in [-0.25, -0.2) is 4.79 Å². The van der Waals surface area contributed by atoms with Gasteiger partial charge in [-0.2, -0.15) is 17.2 Å². The summed E-state index contributed by atoms with van der Waals surface area (Å²) in [4.78, 5) is 12.4. The van der Waals surface area contributed by atoms with Crippen molar-refractivity contribution in [2.75, 3.05) is 13.2 Å². The molecule has 1 N–H and O–H groups in total. The highest BCUT2D eigenvalue weighted by atomic mass is 32.2. The van der Waals surface area contributed by atoms with Crippen LogP contribution < -0.4 is 0 Å². The summed E-state index contributed by atoms with van der Waals surface area (Å²) in [7, 11) is -5.48. The number of halogens is 2. The van der Waals surface area contributed by atoms with Crippen molar-refractivity contribution in [2.24, 2.45) is 23.7 Å². The highest BCUT2D eigenvalue weighted by Gasteiger charge is 2.57. The van der Waals surface area contributed by atoms with Gasteiger partial charge in [0.25, 0.3) is 0 Å². The van der Waals surface area contributed by atoms with Gasteiger partial charge in [-0.15, -0.1) is 0 Å². The molecule has 4 aliphatic carbocycles. The molecule has 0 saturated heterocycles. The van der Waals surface area contributed by atoms with Crippen molar-refractivity contribution in [1.29, 1.82) is 0 Å². The zero-order valence-corrected chi connectivity index (χ0v) is 16.1. The van der Waals surface area contributed by atoms with Crippen LogP contribution in [0.15, 0.2) is 12.2 Å². The molecule has 27 heavy (non-hydrogen) atoms. The van der Waals surface area contributed by atoms with Gasteiger partial charge in [0.1, 0.15) is 5.60 Å². The van der Waals surface area contributed by atoms with Crippen LogP contribution in [0.5, 0.6) is 0 Å². The van der Waals surface area contributed by atoms with E-state index in [0.717, 1.165) is 37.5 Å². The minimum atomic E-state index is -5.48. The van der Waals surface area contributed by atoms with Crippen LogP contribution in [0.3, 0.4) is 0 Å². The van der Waals surface area contributed by atoms with Crippen LogP contribution in [0.4, 0.5) is 8.78 Å². The van der Waals surface area contributed by atoms with Crippen molar-refractivity contribution in [2.45, 2.75) is 56.3 Å². The summed E-state index contributed by atoms with van der Waals surface area (Å²) in [5, 5.41) is -4.29. The zero-order chi connectivity index (χ0) is 20.0. The Bertz CT molecular complexity index is 689. The molecule has 4 fully saturated rings. The van der Waals surface area contributed by atoms with Crippen molar-refractivity contribution in [1.82, 2.24) is 0 Å². The maximum atomic E-state index is 13.1. The molecule has 154 valence electrons. The Morgan fingerprint density at radius 3 is 2.19 bits per heavy atom. The lowest BCUT2D eigenvalue weighted by atomic mass is 9.50. The summed E-state index contributed by atoms with van der Waals surface area (Å²) in [5.74, 6) is 1.55. The molecule has 4 saturated carbocycles. The van der Waals surface area contributed by atoms with Crippen LogP contribution in [-0.2, 0) is 24.4 Å². The van der Waals surface area contributed by atoms with Gasteiger partial charge in [0.2, 0.25) is 0 Å². The Morgan fingerprint density at radius 2 is 1.70 bits per heavy atom. The molecule has 0 unspecified atom stereocenters. The van der Waals surface area contributed by atoms with Crippen molar-refractivity contribution in [3.63, 3.8) is 0 Å². The van der Waals surface area contributed by atoms with Gasteiger partial charge in [-0.3, -0.25) is 4.55 Å². The molecule has 6 nitrogen and oxygen atoms in total. The minimum Gasteiger partial charge on any atom is -0.455 e. The predicted molar refractivity (Wildman–Crippen MR) is 92.6 cm³/mol. The summed E-state index contributed by atoms with van der Waals surface area (Å²) in [6.45, 7) is 4.60. The molecule has 0 heterocycles. The molecule has 9 heteroatoms. The molecule has 0 aromatic carbocycles. The fourth-order valence-corrected chi connectivity index (χ4v) is 5.47. The first kappa shape index (κ1) is 20.7. The third-order valence-electron chi connectivity index (χ3n) is 6.55. The van der Waals surface area contributed by atoms with E-state index in [1.807, 2.05) is 6.92 Å². The Hall–Kier alpha value is -1.06. The maximum Gasteiger partial charge on any atom is 0.372 e. The minimum absolute atomic E-state index is 0.000188.